The second kappa shape index (κ2) is 5.41. The summed E-state index contributed by atoms with van der Waals surface area (Å²) in [5.74, 6) is -0.0341. The number of hydrogen-bond donors (Lipinski definition) is 2. The molecule has 0 bridgehead atoms. The molecule has 2 rings (SSSR count). The number of carbonyl (C=O) groups is 1. The average molecular weight is 253 g/mol. The van der Waals surface area contributed by atoms with Gasteiger partial charge in [-0.15, -0.1) is 0 Å². The molecule has 0 saturated heterocycles. The standard InChI is InChI=1S/C13H17ClN2O/c1-2-15-12-7-6-9(14)8-11(12)13(17)16-10-4-3-5-10/h6-8,10,15H,2-5H2,1H3,(H,16,17). The van der Waals surface area contributed by atoms with Crippen molar-refractivity contribution in [3.63, 3.8) is 0 Å². The topological polar surface area (TPSA) is 41.1 Å². The Morgan fingerprint density at radius 1 is 1.47 bits per heavy atom. The van der Waals surface area contributed by atoms with E-state index in [-0.39, 0.29) is 5.91 Å². The van der Waals surface area contributed by atoms with Gasteiger partial charge < -0.3 is 10.6 Å². The van der Waals surface area contributed by atoms with Crippen LogP contribution >= 0.6 is 11.6 Å². The Balaban J connectivity index is 2.15. The van der Waals surface area contributed by atoms with E-state index < -0.39 is 0 Å². The van der Waals surface area contributed by atoms with Gasteiger partial charge in [-0.3, -0.25) is 4.79 Å². The monoisotopic (exact) mass is 252 g/mol. The molecule has 3 nitrogen and oxygen atoms in total. The summed E-state index contributed by atoms with van der Waals surface area (Å²) >= 11 is 5.94. The first kappa shape index (κ1) is 12.2. The number of amides is 1. The summed E-state index contributed by atoms with van der Waals surface area (Å²) in [4.78, 5) is 12.1. The van der Waals surface area contributed by atoms with Crippen LogP contribution in [0.5, 0.6) is 0 Å². The predicted molar refractivity (Wildman–Crippen MR) is 70.7 cm³/mol. The third kappa shape index (κ3) is 2.91. The quantitative estimate of drug-likeness (QED) is 0.865. The van der Waals surface area contributed by atoms with Crippen LogP contribution in [0.4, 0.5) is 5.69 Å². The molecular weight excluding hydrogens is 236 g/mol. The van der Waals surface area contributed by atoms with Gasteiger partial charge in [0.15, 0.2) is 0 Å². The number of nitrogens with one attached hydrogen (secondary N) is 2. The molecule has 1 aromatic carbocycles. The maximum absolute atomic E-state index is 12.1. The van der Waals surface area contributed by atoms with Crippen LogP contribution in [-0.4, -0.2) is 18.5 Å². The fourth-order valence-electron chi connectivity index (χ4n) is 1.86. The van der Waals surface area contributed by atoms with Gasteiger partial charge in [0.05, 0.1) is 5.56 Å². The van der Waals surface area contributed by atoms with E-state index in [1.165, 1.54) is 6.42 Å². The summed E-state index contributed by atoms with van der Waals surface area (Å²) in [5.41, 5.74) is 1.47. The molecule has 1 amide bonds. The van der Waals surface area contributed by atoms with Crippen molar-refractivity contribution in [2.45, 2.75) is 32.2 Å². The summed E-state index contributed by atoms with van der Waals surface area (Å²) < 4.78 is 0. The molecule has 1 saturated carbocycles. The van der Waals surface area contributed by atoms with Crippen molar-refractivity contribution in [3.05, 3.63) is 28.8 Å². The highest BCUT2D eigenvalue weighted by Crippen LogP contribution is 2.23. The van der Waals surface area contributed by atoms with Crippen molar-refractivity contribution in [3.8, 4) is 0 Å². The van der Waals surface area contributed by atoms with E-state index in [0.717, 1.165) is 25.1 Å². The minimum absolute atomic E-state index is 0.0341. The van der Waals surface area contributed by atoms with Gasteiger partial charge in [-0.25, -0.2) is 0 Å². The molecule has 1 fully saturated rings. The molecule has 92 valence electrons. The lowest BCUT2D eigenvalue weighted by molar-refractivity contribution is 0.0918. The minimum atomic E-state index is -0.0341. The van der Waals surface area contributed by atoms with Crippen LogP contribution in [0.3, 0.4) is 0 Å². The second-order valence-corrected chi connectivity index (χ2v) is 4.76. The third-order valence-electron chi connectivity index (χ3n) is 3.03. The SMILES string of the molecule is CCNc1ccc(Cl)cc1C(=O)NC1CCC1. The summed E-state index contributed by atoms with van der Waals surface area (Å²) in [6, 6.07) is 5.70. The zero-order valence-electron chi connectivity index (χ0n) is 9.92. The van der Waals surface area contributed by atoms with Crippen LogP contribution in [-0.2, 0) is 0 Å². The van der Waals surface area contributed by atoms with Crippen LogP contribution in [0.2, 0.25) is 5.02 Å². The largest absolute Gasteiger partial charge is 0.385 e. The molecule has 0 atom stereocenters. The van der Waals surface area contributed by atoms with Gasteiger partial charge in [0.2, 0.25) is 0 Å². The highest BCUT2D eigenvalue weighted by molar-refractivity contribution is 6.31. The summed E-state index contributed by atoms with van der Waals surface area (Å²) in [6.07, 6.45) is 3.38. The van der Waals surface area contributed by atoms with Crippen LogP contribution in [0.15, 0.2) is 18.2 Å². The van der Waals surface area contributed by atoms with E-state index in [9.17, 15) is 4.79 Å². The van der Waals surface area contributed by atoms with Crippen molar-refractivity contribution in [1.82, 2.24) is 5.32 Å². The number of benzene rings is 1. The lowest BCUT2D eigenvalue weighted by Gasteiger charge is -2.26. The van der Waals surface area contributed by atoms with E-state index in [1.54, 1.807) is 12.1 Å². The zero-order chi connectivity index (χ0) is 12.3. The molecule has 0 heterocycles. The van der Waals surface area contributed by atoms with Gasteiger partial charge in [-0.2, -0.15) is 0 Å². The molecule has 0 spiro atoms. The molecule has 0 aliphatic heterocycles. The van der Waals surface area contributed by atoms with E-state index in [4.69, 9.17) is 11.6 Å². The molecule has 1 aliphatic rings. The number of hydrogen-bond acceptors (Lipinski definition) is 2. The molecule has 17 heavy (non-hydrogen) atoms. The molecule has 1 aromatic rings. The van der Waals surface area contributed by atoms with Gasteiger partial charge >= 0.3 is 0 Å². The van der Waals surface area contributed by atoms with Gasteiger partial charge in [0.25, 0.3) is 5.91 Å². The van der Waals surface area contributed by atoms with Crippen molar-refractivity contribution in [1.29, 1.82) is 0 Å². The second-order valence-electron chi connectivity index (χ2n) is 4.32. The normalized spacial score (nSPS) is 15.2. The Labute approximate surface area is 107 Å². The van der Waals surface area contributed by atoms with Crippen LogP contribution in [0, 0.1) is 0 Å². The number of rotatable bonds is 4. The summed E-state index contributed by atoms with van der Waals surface area (Å²) in [5, 5.41) is 6.78. The molecule has 2 N–H and O–H groups in total. The van der Waals surface area contributed by atoms with Crippen LogP contribution in [0.1, 0.15) is 36.5 Å². The average Bonchev–Trinajstić information content (AvgIpc) is 2.26. The molecular formula is C13H17ClN2O. The first-order chi connectivity index (χ1) is 8.20. The maximum atomic E-state index is 12.1. The molecule has 0 unspecified atom stereocenters. The first-order valence-electron chi connectivity index (χ1n) is 6.05. The smallest absolute Gasteiger partial charge is 0.253 e. The van der Waals surface area contributed by atoms with Crippen molar-refractivity contribution >= 4 is 23.2 Å². The fraction of sp³-hybridized carbons (Fsp3) is 0.462. The van der Waals surface area contributed by atoms with Crippen molar-refractivity contribution in [2.24, 2.45) is 0 Å². The van der Waals surface area contributed by atoms with E-state index in [0.29, 0.717) is 16.6 Å². The Kier molecular flexibility index (Phi) is 3.89. The van der Waals surface area contributed by atoms with Crippen molar-refractivity contribution in [2.75, 3.05) is 11.9 Å². The maximum Gasteiger partial charge on any atom is 0.253 e. The Morgan fingerprint density at radius 3 is 2.82 bits per heavy atom. The number of anilines is 1. The predicted octanol–water partition coefficient (Wildman–Crippen LogP) is 3.05. The highest BCUT2D eigenvalue weighted by atomic mass is 35.5. The number of carbonyl (C=O) groups excluding carboxylic acids is 1. The van der Waals surface area contributed by atoms with Gasteiger partial charge in [-0.1, -0.05) is 11.6 Å². The summed E-state index contributed by atoms with van der Waals surface area (Å²) in [7, 11) is 0. The molecule has 4 heteroatoms. The zero-order valence-corrected chi connectivity index (χ0v) is 10.7. The first-order valence-corrected chi connectivity index (χ1v) is 6.42. The Bertz CT molecular complexity index is 416. The lowest BCUT2D eigenvalue weighted by Crippen LogP contribution is -2.39. The fourth-order valence-corrected chi connectivity index (χ4v) is 2.04. The Morgan fingerprint density at radius 2 is 2.24 bits per heavy atom. The van der Waals surface area contributed by atoms with Gasteiger partial charge in [0.1, 0.15) is 0 Å². The van der Waals surface area contributed by atoms with Crippen LogP contribution < -0.4 is 10.6 Å². The van der Waals surface area contributed by atoms with Crippen LogP contribution in [0.25, 0.3) is 0 Å². The van der Waals surface area contributed by atoms with E-state index >= 15 is 0 Å². The molecule has 1 aliphatic carbocycles. The van der Waals surface area contributed by atoms with Crippen molar-refractivity contribution < 1.29 is 4.79 Å². The van der Waals surface area contributed by atoms with E-state index in [1.807, 2.05) is 13.0 Å². The number of halogens is 1. The minimum Gasteiger partial charge on any atom is -0.385 e. The van der Waals surface area contributed by atoms with Gasteiger partial charge in [-0.05, 0) is 44.4 Å². The summed E-state index contributed by atoms with van der Waals surface area (Å²) in [6.45, 7) is 2.79. The Hall–Kier alpha value is -1.22. The highest BCUT2D eigenvalue weighted by Gasteiger charge is 2.21. The molecule has 0 aromatic heterocycles. The van der Waals surface area contributed by atoms with E-state index in [2.05, 4.69) is 10.6 Å². The van der Waals surface area contributed by atoms with Gasteiger partial charge in [0, 0.05) is 23.3 Å². The lowest BCUT2D eigenvalue weighted by atomic mass is 9.93. The molecule has 0 radical (unpaired) electrons. The third-order valence-corrected chi connectivity index (χ3v) is 3.27.